The van der Waals surface area contributed by atoms with Crippen LogP contribution in [0, 0.1) is 12.7 Å². The van der Waals surface area contributed by atoms with Crippen LogP contribution in [0.5, 0.6) is 0 Å². The van der Waals surface area contributed by atoms with Crippen LogP contribution >= 0.6 is 15.9 Å². The third-order valence-electron chi connectivity index (χ3n) is 2.75. The Hall–Kier alpha value is -1.95. The Morgan fingerprint density at radius 2 is 2.20 bits per heavy atom. The second kappa shape index (κ2) is 6.00. The topological polar surface area (TPSA) is 62.2 Å². The maximum absolute atomic E-state index is 13.3. The van der Waals surface area contributed by atoms with Crippen molar-refractivity contribution in [1.82, 2.24) is 4.98 Å². The summed E-state index contributed by atoms with van der Waals surface area (Å²) in [6, 6.07) is 7.87. The molecule has 0 radical (unpaired) electrons. The lowest BCUT2D eigenvalue weighted by atomic mass is 10.2. The number of halogens is 2. The molecule has 2 rings (SSSR count). The van der Waals surface area contributed by atoms with E-state index in [4.69, 9.17) is 5.11 Å². The van der Waals surface area contributed by atoms with Gasteiger partial charge >= 0.3 is 5.97 Å². The van der Waals surface area contributed by atoms with Gasteiger partial charge in [-0.2, -0.15) is 0 Å². The van der Waals surface area contributed by atoms with E-state index in [-0.39, 0.29) is 11.5 Å². The summed E-state index contributed by atoms with van der Waals surface area (Å²) in [4.78, 5) is 14.8. The van der Waals surface area contributed by atoms with Crippen LogP contribution < -0.4 is 5.32 Å². The van der Waals surface area contributed by atoms with E-state index in [1.165, 1.54) is 12.1 Å². The largest absolute Gasteiger partial charge is 0.477 e. The van der Waals surface area contributed by atoms with E-state index < -0.39 is 5.97 Å². The van der Waals surface area contributed by atoms with Crippen molar-refractivity contribution in [2.45, 2.75) is 13.5 Å². The molecule has 2 aromatic rings. The fourth-order valence-electron chi connectivity index (χ4n) is 1.72. The molecular formula is C14H12BrFN2O2. The number of hydrogen-bond acceptors (Lipinski definition) is 3. The lowest BCUT2D eigenvalue weighted by Crippen LogP contribution is -2.07. The number of carboxylic acid groups (broad SMARTS) is 1. The molecule has 1 aromatic heterocycles. The number of aryl methyl sites for hydroxylation is 1. The molecule has 0 atom stereocenters. The first-order valence-electron chi connectivity index (χ1n) is 5.86. The quantitative estimate of drug-likeness (QED) is 0.893. The number of carboxylic acids is 1. The molecule has 104 valence electrons. The Balaban J connectivity index is 2.15. The molecule has 0 aliphatic rings. The van der Waals surface area contributed by atoms with Gasteiger partial charge in [0.2, 0.25) is 0 Å². The zero-order chi connectivity index (χ0) is 14.7. The first kappa shape index (κ1) is 14.5. The third-order valence-corrected chi connectivity index (χ3v) is 3.36. The van der Waals surface area contributed by atoms with E-state index in [9.17, 15) is 9.18 Å². The van der Waals surface area contributed by atoms with Gasteiger partial charge in [0.15, 0.2) is 0 Å². The number of pyridine rings is 1. The molecule has 1 heterocycles. The number of benzene rings is 1. The number of hydrogen-bond donors (Lipinski definition) is 2. The van der Waals surface area contributed by atoms with Crippen LogP contribution in [0.15, 0.2) is 34.8 Å². The number of aromatic nitrogens is 1. The van der Waals surface area contributed by atoms with Crippen molar-refractivity contribution in [3.63, 3.8) is 0 Å². The Morgan fingerprint density at radius 1 is 1.45 bits per heavy atom. The summed E-state index contributed by atoms with van der Waals surface area (Å²) in [6.07, 6.45) is 0. The molecule has 2 N–H and O–H groups in total. The molecule has 0 amide bonds. The highest BCUT2D eigenvalue weighted by Gasteiger charge is 2.07. The molecule has 0 saturated carbocycles. The van der Waals surface area contributed by atoms with Gasteiger partial charge < -0.3 is 10.4 Å². The van der Waals surface area contributed by atoms with E-state index in [1.807, 2.05) is 0 Å². The summed E-state index contributed by atoms with van der Waals surface area (Å²) in [5.41, 5.74) is 2.13. The van der Waals surface area contributed by atoms with Crippen LogP contribution in [0.1, 0.15) is 21.7 Å². The van der Waals surface area contributed by atoms with E-state index in [2.05, 4.69) is 26.2 Å². The van der Waals surface area contributed by atoms with Crippen LogP contribution in [0.3, 0.4) is 0 Å². The molecular weight excluding hydrogens is 327 g/mol. The number of nitrogens with one attached hydrogen (secondary N) is 1. The fraction of sp³-hybridized carbons (Fsp3) is 0.143. The highest BCUT2D eigenvalue weighted by Crippen LogP contribution is 2.24. The molecule has 0 unspecified atom stereocenters. The van der Waals surface area contributed by atoms with Crippen molar-refractivity contribution in [3.05, 3.63) is 57.6 Å². The van der Waals surface area contributed by atoms with Gasteiger partial charge in [-0.3, -0.25) is 0 Å². The minimum Gasteiger partial charge on any atom is -0.477 e. The van der Waals surface area contributed by atoms with Crippen LogP contribution in [-0.4, -0.2) is 16.1 Å². The number of nitrogens with zero attached hydrogens (tertiary/aromatic N) is 1. The van der Waals surface area contributed by atoms with Gasteiger partial charge in [0.25, 0.3) is 0 Å². The minimum atomic E-state index is -1.06. The molecule has 4 nitrogen and oxygen atoms in total. The van der Waals surface area contributed by atoms with Crippen LogP contribution in [0.2, 0.25) is 0 Å². The molecule has 6 heteroatoms. The van der Waals surface area contributed by atoms with E-state index in [1.54, 1.807) is 25.1 Å². The van der Waals surface area contributed by atoms with Gasteiger partial charge in [-0.25, -0.2) is 14.2 Å². The molecule has 0 saturated heterocycles. The van der Waals surface area contributed by atoms with Gasteiger partial charge in [0.05, 0.1) is 16.7 Å². The Kier molecular flexibility index (Phi) is 4.34. The van der Waals surface area contributed by atoms with Crippen molar-refractivity contribution < 1.29 is 14.3 Å². The van der Waals surface area contributed by atoms with Gasteiger partial charge in [0.1, 0.15) is 11.5 Å². The third kappa shape index (κ3) is 3.33. The van der Waals surface area contributed by atoms with Gasteiger partial charge in [-0.15, -0.1) is 0 Å². The van der Waals surface area contributed by atoms with Crippen molar-refractivity contribution in [2.24, 2.45) is 0 Å². The predicted molar refractivity (Wildman–Crippen MR) is 77.4 cm³/mol. The Labute approximate surface area is 123 Å². The van der Waals surface area contributed by atoms with Gasteiger partial charge in [0, 0.05) is 5.69 Å². The maximum Gasteiger partial charge on any atom is 0.354 e. The Morgan fingerprint density at radius 3 is 2.90 bits per heavy atom. The zero-order valence-corrected chi connectivity index (χ0v) is 12.2. The highest BCUT2D eigenvalue weighted by molar-refractivity contribution is 9.10. The standard InChI is InChI=1S/C14H12BrFN2O2/c1-8-5-11(16)10(15)6-13(8)17-7-9-3-2-4-12(18-9)14(19)20/h2-6,17H,7H2,1H3,(H,19,20). The van der Waals surface area contributed by atoms with Crippen LogP contribution in [0.25, 0.3) is 0 Å². The molecule has 0 fully saturated rings. The second-order valence-corrected chi connectivity index (χ2v) is 5.11. The summed E-state index contributed by atoms with van der Waals surface area (Å²) in [5.74, 6) is -1.38. The number of rotatable bonds is 4. The summed E-state index contributed by atoms with van der Waals surface area (Å²) in [6.45, 7) is 2.15. The zero-order valence-electron chi connectivity index (χ0n) is 10.7. The first-order valence-corrected chi connectivity index (χ1v) is 6.65. The molecule has 1 aromatic carbocycles. The number of carbonyl (C=O) groups is 1. The Bertz CT molecular complexity index is 662. The van der Waals surface area contributed by atoms with E-state index in [0.717, 1.165) is 11.3 Å². The van der Waals surface area contributed by atoms with Crippen LogP contribution in [-0.2, 0) is 6.54 Å². The highest BCUT2D eigenvalue weighted by atomic mass is 79.9. The molecule has 0 aliphatic carbocycles. The number of aromatic carboxylic acids is 1. The average Bonchev–Trinajstić information content (AvgIpc) is 2.41. The summed E-state index contributed by atoms with van der Waals surface area (Å²) in [5, 5.41) is 12.0. The normalized spacial score (nSPS) is 10.3. The lowest BCUT2D eigenvalue weighted by molar-refractivity contribution is 0.0690. The van der Waals surface area contributed by atoms with Crippen molar-refractivity contribution in [2.75, 3.05) is 5.32 Å². The molecule has 0 spiro atoms. The van der Waals surface area contributed by atoms with Crippen molar-refractivity contribution in [1.29, 1.82) is 0 Å². The average molecular weight is 339 g/mol. The molecule has 0 aliphatic heterocycles. The maximum atomic E-state index is 13.3. The van der Waals surface area contributed by atoms with Gasteiger partial charge in [-0.1, -0.05) is 6.07 Å². The van der Waals surface area contributed by atoms with Crippen molar-refractivity contribution >= 4 is 27.6 Å². The monoisotopic (exact) mass is 338 g/mol. The van der Waals surface area contributed by atoms with Gasteiger partial charge in [-0.05, 0) is 52.7 Å². The molecule has 0 bridgehead atoms. The lowest BCUT2D eigenvalue weighted by Gasteiger charge is -2.10. The van der Waals surface area contributed by atoms with Crippen LogP contribution in [0.4, 0.5) is 10.1 Å². The first-order chi connectivity index (χ1) is 9.47. The predicted octanol–water partition coefficient (Wildman–Crippen LogP) is 3.60. The SMILES string of the molecule is Cc1cc(F)c(Br)cc1NCc1cccc(C(=O)O)n1. The van der Waals surface area contributed by atoms with Crippen molar-refractivity contribution in [3.8, 4) is 0 Å². The fourth-order valence-corrected chi connectivity index (χ4v) is 2.06. The summed E-state index contributed by atoms with van der Waals surface area (Å²) < 4.78 is 13.7. The minimum absolute atomic E-state index is 0.00121. The summed E-state index contributed by atoms with van der Waals surface area (Å²) >= 11 is 3.13. The van der Waals surface area contributed by atoms with E-state index in [0.29, 0.717) is 16.7 Å². The smallest absolute Gasteiger partial charge is 0.354 e. The van der Waals surface area contributed by atoms with E-state index >= 15 is 0 Å². The summed E-state index contributed by atoms with van der Waals surface area (Å²) in [7, 11) is 0. The molecule has 20 heavy (non-hydrogen) atoms. The number of anilines is 1. The second-order valence-electron chi connectivity index (χ2n) is 4.25.